The second-order valence-electron chi connectivity index (χ2n) is 3.97. The number of hydrogen-bond acceptors (Lipinski definition) is 4. The zero-order chi connectivity index (χ0) is 13.5. The van der Waals surface area contributed by atoms with Gasteiger partial charge in [-0.15, -0.1) is 0 Å². The van der Waals surface area contributed by atoms with E-state index in [1.165, 1.54) is 11.8 Å². The molecule has 0 amide bonds. The van der Waals surface area contributed by atoms with Crippen molar-refractivity contribution < 1.29 is 19.8 Å². The number of thioether (sulfide) groups is 1. The van der Waals surface area contributed by atoms with Gasteiger partial charge in [0.25, 0.3) is 0 Å². The minimum atomic E-state index is -0.940. The molecule has 98 valence electrons. The molecule has 4 nitrogen and oxygen atoms in total. The van der Waals surface area contributed by atoms with Crippen LogP contribution in [0, 0.1) is 5.92 Å². The van der Waals surface area contributed by atoms with E-state index in [9.17, 15) is 9.59 Å². The van der Waals surface area contributed by atoms with Gasteiger partial charge in [-0.3, -0.25) is 9.59 Å². The van der Waals surface area contributed by atoms with Gasteiger partial charge >= 0.3 is 5.97 Å². The highest BCUT2D eigenvalue weighted by Crippen LogP contribution is 2.15. The molecular formula is C13H16O4S. The Balaban J connectivity index is 2.70. The van der Waals surface area contributed by atoms with Crippen molar-refractivity contribution in [2.45, 2.75) is 13.0 Å². The molecule has 0 fully saturated rings. The van der Waals surface area contributed by atoms with Crippen LogP contribution in [0.2, 0.25) is 0 Å². The first kappa shape index (κ1) is 14.7. The third-order valence-corrected chi connectivity index (χ3v) is 3.34. The number of carboxylic acids is 1. The number of aliphatic hydroxyl groups is 1. The molecule has 0 aliphatic carbocycles. The molecule has 0 saturated carbocycles. The van der Waals surface area contributed by atoms with E-state index in [2.05, 4.69) is 0 Å². The molecule has 0 heterocycles. The summed E-state index contributed by atoms with van der Waals surface area (Å²) in [6, 6.07) is 6.56. The first-order chi connectivity index (χ1) is 8.58. The van der Waals surface area contributed by atoms with Crippen LogP contribution in [0.25, 0.3) is 0 Å². The quantitative estimate of drug-likeness (QED) is 0.738. The summed E-state index contributed by atoms with van der Waals surface area (Å²) < 4.78 is 0. The van der Waals surface area contributed by atoms with Crippen molar-refractivity contribution in [1.29, 1.82) is 0 Å². The lowest BCUT2D eigenvalue weighted by Crippen LogP contribution is -2.20. The Labute approximate surface area is 110 Å². The number of hydrogen-bond donors (Lipinski definition) is 2. The first-order valence-electron chi connectivity index (χ1n) is 5.53. The summed E-state index contributed by atoms with van der Waals surface area (Å²) in [7, 11) is 0. The molecule has 0 aliphatic heterocycles. The Morgan fingerprint density at radius 1 is 1.28 bits per heavy atom. The number of carbonyl (C=O) groups excluding carboxylic acids is 1. The summed E-state index contributed by atoms with van der Waals surface area (Å²) in [5.41, 5.74) is 1.21. The second kappa shape index (κ2) is 7.18. The summed E-state index contributed by atoms with van der Waals surface area (Å²) in [4.78, 5) is 22.9. The second-order valence-corrected chi connectivity index (χ2v) is 4.88. The van der Waals surface area contributed by atoms with Crippen LogP contribution < -0.4 is 0 Å². The predicted octanol–water partition coefficient (Wildman–Crippen LogP) is 1.82. The van der Waals surface area contributed by atoms with Crippen molar-refractivity contribution in [1.82, 2.24) is 0 Å². The van der Waals surface area contributed by atoms with E-state index in [4.69, 9.17) is 10.2 Å². The third-order valence-electron chi connectivity index (χ3n) is 2.61. The van der Waals surface area contributed by atoms with E-state index in [-0.39, 0.29) is 18.8 Å². The predicted molar refractivity (Wildman–Crippen MR) is 70.8 cm³/mol. The maximum absolute atomic E-state index is 11.9. The number of aliphatic hydroxyl groups excluding tert-OH is 1. The zero-order valence-corrected chi connectivity index (χ0v) is 10.9. The summed E-state index contributed by atoms with van der Waals surface area (Å²) in [5.74, 6) is -1.34. The monoisotopic (exact) mass is 268 g/mol. The lowest BCUT2D eigenvalue weighted by Gasteiger charge is -2.10. The van der Waals surface area contributed by atoms with Crippen LogP contribution in [-0.4, -0.2) is 34.0 Å². The Bertz CT molecular complexity index is 414. The molecule has 1 rings (SSSR count). The van der Waals surface area contributed by atoms with Crippen LogP contribution in [0.1, 0.15) is 22.3 Å². The number of benzene rings is 1. The molecule has 0 radical (unpaired) electrons. The summed E-state index contributed by atoms with van der Waals surface area (Å²) in [6.45, 7) is -0.0707. The van der Waals surface area contributed by atoms with E-state index < -0.39 is 11.9 Å². The fourth-order valence-corrected chi connectivity index (χ4v) is 2.22. The maximum atomic E-state index is 11.9. The fraction of sp³-hybridized carbons (Fsp3) is 0.385. The number of carboxylic acid groups (broad SMARTS) is 1. The Morgan fingerprint density at radius 2 is 1.89 bits per heavy atom. The van der Waals surface area contributed by atoms with E-state index in [0.29, 0.717) is 11.3 Å². The standard InChI is InChI=1S/C13H16O4S/c1-18-8-11(13(16)17)6-12(15)10-4-2-9(7-14)3-5-10/h2-5,11,14H,6-8H2,1H3,(H,16,17)/t11-/m0/s1. The number of carbonyl (C=O) groups is 2. The molecular weight excluding hydrogens is 252 g/mol. The molecule has 1 aromatic carbocycles. The average Bonchev–Trinajstić information content (AvgIpc) is 2.38. The van der Waals surface area contributed by atoms with Crippen LogP contribution in [-0.2, 0) is 11.4 Å². The van der Waals surface area contributed by atoms with Gasteiger partial charge in [0.05, 0.1) is 12.5 Å². The van der Waals surface area contributed by atoms with Crippen molar-refractivity contribution in [3.63, 3.8) is 0 Å². The number of Topliss-reactive ketones (excluding diaryl/α,β-unsaturated/α-hetero) is 1. The molecule has 1 atom stereocenters. The van der Waals surface area contributed by atoms with Gasteiger partial charge in [-0.25, -0.2) is 0 Å². The minimum absolute atomic E-state index is 0.00858. The van der Waals surface area contributed by atoms with Gasteiger partial charge in [0, 0.05) is 17.7 Å². The largest absolute Gasteiger partial charge is 0.481 e. The summed E-state index contributed by atoms with van der Waals surface area (Å²) in [6.07, 6.45) is 1.82. The van der Waals surface area contributed by atoms with Gasteiger partial charge < -0.3 is 10.2 Å². The van der Waals surface area contributed by atoms with Crippen molar-refractivity contribution in [2.24, 2.45) is 5.92 Å². The lowest BCUT2D eigenvalue weighted by molar-refractivity contribution is -0.140. The highest BCUT2D eigenvalue weighted by atomic mass is 32.2. The summed E-state index contributed by atoms with van der Waals surface area (Å²) >= 11 is 1.42. The van der Waals surface area contributed by atoms with Gasteiger partial charge in [0.1, 0.15) is 0 Å². The molecule has 18 heavy (non-hydrogen) atoms. The van der Waals surface area contributed by atoms with Gasteiger partial charge in [0.2, 0.25) is 0 Å². The lowest BCUT2D eigenvalue weighted by atomic mass is 9.99. The molecule has 5 heteroatoms. The Hall–Kier alpha value is -1.33. The molecule has 0 unspecified atom stereocenters. The van der Waals surface area contributed by atoms with Gasteiger partial charge in [0.15, 0.2) is 5.78 Å². The maximum Gasteiger partial charge on any atom is 0.307 e. The van der Waals surface area contributed by atoms with Crippen LogP contribution in [0.5, 0.6) is 0 Å². The topological polar surface area (TPSA) is 74.6 Å². The van der Waals surface area contributed by atoms with Crippen molar-refractivity contribution in [3.8, 4) is 0 Å². The van der Waals surface area contributed by atoms with Gasteiger partial charge in [-0.05, 0) is 11.8 Å². The van der Waals surface area contributed by atoms with Gasteiger partial charge in [-0.2, -0.15) is 11.8 Å². The smallest absolute Gasteiger partial charge is 0.307 e. The van der Waals surface area contributed by atoms with Crippen LogP contribution >= 0.6 is 11.8 Å². The highest BCUT2D eigenvalue weighted by molar-refractivity contribution is 7.98. The van der Waals surface area contributed by atoms with Gasteiger partial charge in [-0.1, -0.05) is 24.3 Å². The molecule has 0 spiro atoms. The fourth-order valence-electron chi connectivity index (χ4n) is 1.56. The number of ketones is 1. The third kappa shape index (κ3) is 4.16. The van der Waals surface area contributed by atoms with Crippen LogP contribution in [0.3, 0.4) is 0 Å². The van der Waals surface area contributed by atoms with Crippen molar-refractivity contribution in [3.05, 3.63) is 35.4 Å². The summed E-state index contributed by atoms with van der Waals surface area (Å²) in [5, 5.41) is 17.9. The van der Waals surface area contributed by atoms with Crippen molar-refractivity contribution >= 4 is 23.5 Å². The molecule has 2 N–H and O–H groups in total. The first-order valence-corrected chi connectivity index (χ1v) is 6.92. The van der Waals surface area contributed by atoms with Crippen LogP contribution in [0.4, 0.5) is 0 Å². The average molecular weight is 268 g/mol. The van der Waals surface area contributed by atoms with E-state index in [1.54, 1.807) is 24.3 Å². The number of rotatable bonds is 7. The number of aliphatic carboxylic acids is 1. The van der Waals surface area contributed by atoms with Crippen molar-refractivity contribution in [2.75, 3.05) is 12.0 Å². The molecule has 0 aliphatic rings. The molecule has 0 saturated heterocycles. The highest BCUT2D eigenvalue weighted by Gasteiger charge is 2.21. The molecule has 0 bridgehead atoms. The zero-order valence-electron chi connectivity index (χ0n) is 10.1. The molecule has 0 aromatic heterocycles. The van der Waals surface area contributed by atoms with E-state index >= 15 is 0 Å². The SMILES string of the molecule is CSC[C@H](CC(=O)c1ccc(CO)cc1)C(=O)O. The van der Waals surface area contributed by atoms with E-state index in [0.717, 1.165) is 5.56 Å². The normalized spacial score (nSPS) is 12.1. The van der Waals surface area contributed by atoms with Crippen LogP contribution in [0.15, 0.2) is 24.3 Å². The Kier molecular flexibility index (Phi) is 5.88. The molecule has 1 aromatic rings. The minimum Gasteiger partial charge on any atom is -0.481 e. The Morgan fingerprint density at radius 3 is 2.33 bits per heavy atom. The van der Waals surface area contributed by atoms with E-state index in [1.807, 2.05) is 6.26 Å².